The maximum absolute atomic E-state index is 13.6. The number of rotatable bonds is 10. The Bertz CT molecular complexity index is 1220. The number of H-pyrrole nitrogens is 1. The Kier molecular flexibility index (Phi) is 9.66. The average Bonchev–Trinajstić information content (AvgIpc) is 3.39. The summed E-state index contributed by atoms with van der Waals surface area (Å²) in [6.07, 6.45) is 2.94. The Balaban J connectivity index is 1.44. The summed E-state index contributed by atoms with van der Waals surface area (Å²) in [7, 11) is 0. The molecular weight excluding hydrogens is 509 g/mol. The number of likely N-dealkylation sites (tertiary alicyclic amines) is 1. The lowest BCUT2D eigenvalue weighted by Gasteiger charge is -2.38. The van der Waals surface area contributed by atoms with E-state index in [0.29, 0.717) is 44.5 Å². The quantitative estimate of drug-likeness (QED) is 0.315. The summed E-state index contributed by atoms with van der Waals surface area (Å²) < 4.78 is 25.0. The second kappa shape index (κ2) is 13.2. The fourth-order valence-corrected chi connectivity index (χ4v) is 4.60. The number of anilines is 1. The van der Waals surface area contributed by atoms with Crippen molar-refractivity contribution in [1.29, 1.82) is 0 Å². The van der Waals surface area contributed by atoms with Crippen molar-refractivity contribution in [1.82, 2.24) is 20.1 Å². The van der Waals surface area contributed by atoms with E-state index in [0.717, 1.165) is 42.0 Å². The summed E-state index contributed by atoms with van der Waals surface area (Å²) in [5.41, 5.74) is 1.55. The normalized spacial score (nSPS) is 15.1. The zero-order chi connectivity index (χ0) is 28.7. The topological polar surface area (TPSA) is 83.6 Å². The molecule has 0 aliphatic carbocycles. The second-order valence-corrected chi connectivity index (χ2v) is 11.7. The van der Waals surface area contributed by atoms with Crippen molar-refractivity contribution in [3.8, 4) is 5.75 Å². The molecule has 2 aromatic carbocycles. The van der Waals surface area contributed by atoms with E-state index in [1.165, 1.54) is 12.1 Å². The molecular formula is C31H42FN5O3. The lowest BCUT2D eigenvalue weighted by Crippen LogP contribution is -2.48. The van der Waals surface area contributed by atoms with Gasteiger partial charge in [-0.1, -0.05) is 44.5 Å². The third-order valence-electron chi connectivity index (χ3n) is 7.14. The molecule has 0 bridgehead atoms. The summed E-state index contributed by atoms with van der Waals surface area (Å²) in [6, 6.07) is 14.8. The molecule has 1 fully saturated rings. The van der Waals surface area contributed by atoms with Gasteiger partial charge in [0.2, 0.25) is 5.95 Å². The van der Waals surface area contributed by atoms with Crippen LogP contribution in [0.5, 0.6) is 5.75 Å². The van der Waals surface area contributed by atoms with Crippen molar-refractivity contribution >= 4 is 12.0 Å². The average molecular weight is 552 g/mol. The van der Waals surface area contributed by atoms with Gasteiger partial charge in [-0.3, -0.25) is 0 Å². The number of aromatic amines is 1. The van der Waals surface area contributed by atoms with Crippen LogP contribution in [0.4, 0.5) is 15.1 Å². The first-order valence-electron chi connectivity index (χ1n) is 14.2. The monoisotopic (exact) mass is 551 g/mol. The predicted octanol–water partition coefficient (Wildman–Crippen LogP) is 6.37. The van der Waals surface area contributed by atoms with Gasteiger partial charge in [0.25, 0.3) is 0 Å². The van der Waals surface area contributed by atoms with Crippen LogP contribution in [0.25, 0.3) is 0 Å². The minimum absolute atomic E-state index is 0.131. The number of ether oxygens (including phenoxy) is 2. The Morgan fingerprint density at radius 1 is 1.07 bits per heavy atom. The van der Waals surface area contributed by atoms with Gasteiger partial charge in [0.15, 0.2) is 0 Å². The smallest absolute Gasteiger partial charge is 0.410 e. The number of halogens is 1. The minimum atomic E-state index is -0.528. The fraction of sp³-hybridized carbons (Fsp3) is 0.516. The molecule has 4 rings (SSSR count). The standard InChI is InChI=1S/C31H42FN5O3/c1-6-22(2)21-39-27-13-9-23(10-14-27)19-28-33-29(35-34-28)37(20-24-7-11-25(32)12-8-24)26-15-17-36(18-16-26)30(38)40-31(3,4)5/h7-14,22,26H,6,15-21H2,1-5H3,(H,33,34,35)/t22-/m0/s1. The SMILES string of the molecule is CC[C@H](C)COc1ccc(Cc2nnc(N(Cc3ccc(F)cc3)C3CCN(C(=O)OC(C)(C)C)CC3)[nH]2)cc1. The molecule has 2 heterocycles. The van der Waals surface area contributed by atoms with Crippen LogP contribution in [-0.2, 0) is 17.7 Å². The highest BCUT2D eigenvalue weighted by molar-refractivity contribution is 5.68. The van der Waals surface area contributed by atoms with Gasteiger partial charge in [-0.05, 0) is 74.9 Å². The van der Waals surface area contributed by atoms with Crippen molar-refractivity contribution in [2.45, 2.75) is 78.5 Å². The number of carbonyl (C=O) groups excluding carboxylic acids is 1. The van der Waals surface area contributed by atoms with E-state index < -0.39 is 5.60 Å². The number of hydrogen-bond acceptors (Lipinski definition) is 6. The maximum Gasteiger partial charge on any atom is 0.410 e. The summed E-state index contributed by atoms with van der Waals surface area (Å²) >= 11 is 0. The first-order valence-corrected chi connectivity index (χ1v) is 14.2. The third kappa shape index (κ3) is 8.44. The predicted molar refractivity (Wildman–Crippen MR) is 154 cm³/mol. The molecule has 1 aliphatic rings. The molecule has 0 radical (unpaired) electrons. The highest BCUT2D eigenvalue weighted by atomic mass is 19.1. The van der Waals surface area contributed by atoms with Crippen LogP contribution in [0, 0.1) is 11.7 Å². The summed E-state index contributed by atoms with van der Waals surface area (Å²) in [4.78, 5) is 19.9. The fourth-order valence-electron chi connectivity index (χ4n) is 4.60. The molecule has 1 N–H and O–H groups in total. The molecule has 9 heteroatoms. The highest BCUT2D eigenvalue weighted by Gasteiger charge is 2.31. The lowest BCUT2D eigenvalue weighted by atomic mass is 10.0. The number of nitrogens with zero attached hydrogens (tertiary/aromatic N) is 4. The van der Waals surface area contributed by atoms with Crippen molar-refractivity contribution in [2.75, 3.05) is 24.6 Å². The maximum atomic E-state index is 13.6. The molecule has 40 heavy (non-hydrogen) atoms. The van der Waals surface area contributed by atoms with Gasteiger partial charge in [-0.15, -0.1) is 10.2 Å². The first-order chi connectivity index (χ1) is 19.1. The summed E-state index contributed by atoms with van der Waals surface area (Å²) in [6.45, 7) is 12.4. The number of benzene rings is 2. The Hall–Kier alpha value is -3.62. The number of piperidine rings is 1. The van der Waals surface area contributed by atoms with E-state index in [4.69, 9.17) is 9.47 Å². The molecule has 0 spiro atoms. The van der Waals surface area contributed by atoms with Crippen molar-refractivity contribution in [3.63, 3.8) is 0 Å². The molecule has 8 nitrogen and oxygen atoms in total. The first kappa shape index (κ1) is 29.4. The number of hydrogen-bond donors (Lipinski definition) is 1. The molecule has 1 atom stereocenters. The van der Waals surface area contributed by atoms with Crippen LogP contribution in [0.2, 0.25) is 0 Å². The molecule has 216 valence electrons. The van der Waals surface area contributed by atoms with Gasteiger partial charge in [-0.2, -0.15) is 0 Å². The van der Waals surface area contributed by atoms with E-state index >= 15 is 0 Å². The highest BCUT2D eigenvalue weighted by Crippen LogP contribution is 2.25. The van der Waals surface area contributed by atoms with Gasteiger partial charge in [0, 0.05) is 32.1 Å². The van der Waals surface area contributed by atoms with Crippen LogP contribution in [0.15, 0.2) is 48.5 Å². The molecule has 1 aliphatic heterocycles. The van der Waals surface area contributed by atoms with Crippen LogP contribution in [0.1, 0.15) is 70.8 Å². The summed E-state index contributed by atoms with van der Waals surface area (Å²) in [5.74, 6) is 2.56. The zero-order valence-corrected chi connectivity index (χ0v) is 24.3. The van der Waals surface area contributed by atoms with Crippen LogP contribution in [-0.4, -0.2) is 57.5 Å². The van der Waals surface area contributed by atoms with E-state index in [2.05, 4.69) is 46.1 Å². The number of nitrogens with one attached hydrogen (secondary N) is 1. The Morgan fingerprint density at radius 3 is 2.35 bits per heavy atom. The second-order valence-electron chi connectivity index (χ2n) is 11.7. The Morgan fingerprint density at radius 2 is 1.73 bits per heavy atom. The molecule has 1 aromatic heterocycles. The van der Waals surface area contributed by atoms with Gasteiger partial charge in [-0.25, -0.2) is 9.18 Å². The molecule has 0 unspecified atom stereocenters. The Labute approximate surface area is 236 Å². The van der Waals surface area contributed by atoms with Gasteiger partial charge in [0.05, 0.1) is 6.61 Å². The molecule has 0 saturated carbocycles. The number of amides is 1. The van der Waals surface area contributed by atoms with Gasteiger partial charge < -0.3 is 24.3 Å². The summed E-state index contributed by atoms with van der Waals surface area (Å²) in [5, 5.41) is 8.93. The number of aromatic nitrogens is 3. The number of carbonyl (C=O) groups is 1. The van der Waals surface area contributed by atoms with Gasteiger partial charge >= 0.3 is 6.09 Å². The van der Waals surface area contributed by atoms with E-state index in [9.17, 15) is 9.18 Å². The van der Waals surface area contributed by atoms with Crippen LogP contribution >= 0.6 is 0 Å². The molecule has 1 saturated heterocycles. The van der Waals surface area contributed by atoms with Crippen LogP contribution < -0.4 is 9.64 Å². The van der Waals surface area contributed by atoms with Crippen LogP contribution in [0.3, 0.4) is 0 Å². The van der Waals surface area contributed by atoms with E-state index in [1.54, 1.807) is 17.0 Å². The molecule has 1 amide bonds. The van der Waals surface area contributed by atoms with E-state index in [1.807, 2.05) is 32.9 Å². The minimum Gasteiger partial charge on any atom is -0.493 e. The van der Waals surface area contributed by atoms with Crippen molar-refractivity contribution in [3.05, 3.63) is 71.3 Å². The largest absolute Gasteiger partial charge is 0.493 e. The van der Waals surface area contributed by atoms with E-state index in [-0.39, 0.29) is 18.0 Å². The van der Waals surface area contributed by atoms with Crippen molar-refractivity contribution in [2.24, 2.45) is 5.92 Å². The zero-order valence-electron chi connectivity index (χ0n) is 24.3. The lowest BCUT2D eigenvalue weighted by molar-refractivity contribution is 0.0204. The molecule has 3 aromatic rings. The van der Waals surface area contributed by atoms with Gasteiger partial charge in [0.1, 0.15) is 23.0 Å². The van der Waals surface area contributed by atoms with Crippen molar-refractivity contribution < 1.29 is 18.7 Å². The third-order valence-corrected chi connectivity index (χ3v) is 7.14.